The van der Waals surface area contributed by atoms with Crippen LogP contribution >= 0.6 is 0 Å². The normalized spacial score (nSPS) is 11.2. The number of aromatic nitrogens is 3. The van der Waals surface area contributed by atoms with Gasteiger partial charge in [-0.05, 0) is 32.9 Å². The zero-order valence-electron chi connectivity index (χ0n) is 10.1. The molecule has 0 spiro atoms. The first-order valence-electron chi connectivity index (χ1n) is 5.73. The molecule has 0 bridgehead atoms. The van der Waals surface area contributed by atoms with Gasteiger partial charge in [-0.25, -0.2) is 9.97 Å². The molecular formula is C12H18N4. The Hall–Kier alpha value is -1.42. The van der Waals surface area contributed by atoms with Crippen LogP contribution in [-0.2, 0) is 6.54 Å². The van der Waals surface area contributed by atoms with E-state index in [0.717, 1.165) is 31.0 Å². The lowest BCUT2D eigenvalue weighted by Gasteiger charge is -2.06. The summed E-state index contributed by atoms with van der Waals surface area (Å²) in [5.74, 6) is 0.797. The van der Waals surface area contributed by atoms with Crippen molar-refractivity contribution in [3.63, 3.8) is 0 Å². The molecule has 0 fully saturated rings. The maximum absolute atomic E-state index is 4.41. The van der Waals surface area contributed by atoms with Crippen LogP contribution in [0.25, 0.3) is 5.78 Å². The molecule has 1 N–H and O–H groups in total. The summed E-state index contributed by atoms with van der Waals surface area (Å²) >= 11 is 0. The van der Waals surface area contributed by atoms with E-state index < -0.39 is 0 Å². The first kappa shape index (κ1) is 11.1. The van der Waals surface area contributed by atoms with Gasteiger partial charge in [-0.2, -0.15) is 0 Å². The zero-order valence-corrected chi connectivity index (χ0v) is 10.1. The Labute approximate surface area is 95.7 Å². The molecule has 86 valence electrons. The first-order chi connectivity index (χ1) is 7.72. The quantitative estimate of drug-likeness (QED) is 0.796. The predicted molar refractivity (Wildman–Crippen MR) is 64.5 cm³/mol. The molecule has 0 aliphatic rings. The molecule has 0 atom stereocenters. The Morgan fingerprint density at radius 1 is 1.38 bits per heavy atom. The molecule has 2 aromatic heterocycles. The molecule has 2 heterocycles. The highest BCUT2D eigenvalue weighted by Crippen LogP contribution is 2.09. The van der Waals surface area contributed by atoms with Gasteiger partial charge in [0, 0.05) is 17.9 Å². The molecule has 2 rings (SSSR count). The minimum absolute atomic E-state index is 0.797. The average molecular weight is 218 g/mol. The molecule has 0 aromatic carbocycles. The second-order valence-electron chi connectivity index (χ2n) is 4.10. The van der Waals surface area contributed by atoms with E-state index in [0.29, 0.717) is 0 Å². The summed E-state index contributed by atoms with van der Waals surface area (Å²) in [6.07, 6.45) is 3.05. The van der Waals surface area contributed by atoms with Crippen molar-refractivity contribution in [1.29, 1.82) is 0 Å². The van der Waals surface area contributed by atoms with Crippen LogP contribution in [0, 0.1) is 13.8 Å². The summed E-state index contributed by atoms with van der Waals surface area (Å²) in [5, 5.41) is 3.38. The van der Waals surface area contributed by atoms with Crippen LogP contribution in [0.2, 0.25) is 0 Å². The highest BCUT2D eigenvalue weighted by Gasteiger charge is 2.06. The molecule has 0 radical (unpaired) electrons. The van der Waals surface area contributed by atoms with E-state index in [9.17, 15) is 0 Å². The van der Waals surface area contributed by atoms with Gasteiger partial charge < -0.3 is 5.32 Å². The summed E-state index contributed by atoms with van der Waals surface area (Å²) in [5.41, 5.74) is 3.38. The Morgan fingerprint density at radius 2 is 2.19 bits per heavy atom. The van der Waals surface area contributed by atoms with Crippen LogP contribution < -0.4 is 5.32 Å². The maximum atomic E-state index is 4.41. The lowest BCUT2D eigenvalue weighted by molar-refractivity contribution is 0.658. The van der Waals surface area contributed by atoms with E-state index in [-0.39, 0.29) is 0 Å². The second-order valence-corrected chi connectivity index (χ2v) is 4.10. The number of nitrogens with zero attached hydrogens (tertiary/aromatic N) is 3. The standard InChI is InChI=1S/C12H18N4/c1-4-5-13-7-11-8-14-12-15-9(2)6-10(3)16(11)12/h6,8,13H,4-5,7H2,1-3H3. The number of fused-ring (bicyclic) bond motifs is 1. The number of aryl methyl sites for hydroxylation is 2. The van der Waals surface area contributed by atoms with Crippen molar-refractivity contribution in [3.05, 3.63) is 29.3 Å². The summed E-state index contributed by atoms with van der Waals surface area (Å²) in [7, 11) is 0. The lowest BCUT2D eigenvalue weighted by atomic mass is 10.3. The molecule has 0 aliphatic heterocycles. The monoisotopic (exact) mass is 218 g/mol. The average Bonchev–Trinajstić information content (AvgIpc) is 2.62. The highest BCUT2D eigenvalue weighted by atomic mass is 15.1. The predicted octanol–water partition coefficient (Wildman–Crippen LogP) is 1.85. The summed E-state index contributed by atoms with van der Waals surface area (Å²) in [6.45, 7) is 8.13. The Morgan fingerprint density at radius 3 is 2.94 bits per heavy atom. The maximum Gasteiger partial charge on any atom is 0.234 e. The van der Waals surface area contributed by atoms with Crippen molar-refractivity contribution < 1.29 is 0 Å². The first-order valence-corrected chi connectivity index (χ1v) is 5.73. The Kier molecular flexibility index (Phi) is 3.19. The topological polar surface area (TPSA) is 42.2 Å². The van der Waals surface area contributed by atoms with Crippen molar-refractivity contribution in [2.24, 2.45) is 0 Å². The SMILES string of the molecule is CCCNCc1cnc2nc(C)cc(C)n12. The minimum Gasteiger partial charge on any atom is -0.311 e. The van der Waals surface area contributed by atoms with E-state index in [1.54, 1.807) is 0 Å². The van der Waals surface area contributed by atoms with E-state index in [2.05, 4.69) is 39.6 Å². The third kappa shape index (κ3) is 2.07. The van der Waals surface area contributed by atoms with E-state index in [1.807, 2.05) is 13.1 Å². The molecule has 0 saturated heterocycles. The van der Waals surface area contributed by atoms with E-state index >= 15 is 0 Å². The fourth-order valence-corrected chi connectivity index (χ4v) is 1.91. The number of hydrogen-bond acceptors (Lipinski definition) is 3. The van der Waals surface area contributed by atoms with Crippen molar-refractivity contribution in [2.45, 2.75) is 33.7 Å². The van der Waals surface area contributed by atoms with Crippen LogP contribution in [0.5, 0.6) is 0 Å². The summed E-state index contributed by atoms with van der Waals surface area (Å²) < 4.78 is 2.11. The van der Waals surface area contributed by atoms with Crippen LogP contribution in [-0.4, -0.2) is 20.9 Å². The number of nitrogens with one attached hydrogen (secondary N) is 1. The van der Waals surface area contributed by atoms with Crippen molar-refractivity contribution in [2.75, 3.05) is 6.54 Å². The second kappa shape index (κ2) is 4.61. The largest absolute Gasteiger partial charge is 0.311 e. The number of imidazole rings is 1. The summed E-state index contributed by atoms with van der Waals surface area (Å²) in [6, 6.07) is 2.08. The molecule has 4 nitrogen and oxygen atoms in total. The molecule has 16 heavy (non-hydrogen) atoms. The molecular weight excluding hydrogens is 200 g/mol. The highest BCUT2D eigenvalue weighted by molar-refractivity contribution is 5.35. The number of rotatable bonds is 4. The molecule has 0 amide bonds. The third-order valence-electron chi connectivity index (χ3n) is 2.60. The van der Waals surface area contributed by atoms with Gasteiger partial charge in [0.15, 0.2) is 0 Å². The molecule has 2 aromatic rings. The molecule has 0 unspecified atom stereocenters. The Balaban J connectivity index is 2.33. The molecule has 0 saturated carbocycles. The van der Waals surface area contributed by atoms with Gasteiger partial charge in [0.2, 0.25) is 5.78 Å². The van der Waals surface area contributed by atoms with Crippen molar-refractivity contribution >= 4 is 5.78 Å². The van der Waals surface area contributed by atoms with Crippen molar-refractivity contribution in [1.82, 2.24) is 19.7 Å². The van der Waals surface area contributed by atoms with Crippen LogP contribution in [0.15, 0.2) is 12.3 Å². The van der Waals surface area contributed by atoms with Gasteiger partial charge in [0.25, 0.3) is 0 Å². The Bertz CT molecular complexity index is 487. The van der Waals surface area contributed by atoms with Gasteiger partial charge in [0.1, 0.15) is 0 Å². The van der Waals surface area contributed by atoms with Crippen LogP contribution in [0.1, 0.15) is 30.4 Å². The van der Waals surface area contributed by atoms with Crippen LogP contribution in [0.4, 0.5) is 0 Å². The zero-order chi connectivity index (χ0) is 11.5. The van der Waals surface area contributed by atoms with Gasteiger partial charge in [-0.15, -0.1) is 0 Å². The molecule has 0 aliphatic carbocycles. The third-order valence-corrected chi connectivity index (χ3v) is 2.60. The summed E-state index contributed by atoms with van der Waals surface area (Å²) in [4.78, 5) is 8.74. The van der Waals surface area contributed by atoms with Crippen molar-refractivity contribution in [3.8, 4) is 0 Å². The van der Waals surface area contributed by atoms with Gasteiger partial charge >= 0.3 is 0 Å². The van der Waals surface area contributed by atoms with E-state index in [1.165, 1.54) is 11.4 Å². The fraction of sp³-hybridized carbons (Fsp3) is 0.500. The molecule has 4 heteroatoms. The van der Waals surface area contributed by atoms with Gasteiger partial charge in [-0.1, -0.05) is 6.92 Å². The van der Waals surface area contributed by atoms with Crippen LogP contribution in [0.3, 0.4) is 0 Å². The van der Waals surface area contributed by atoms with Gasteiger partial charge in [0.05, 0.1) is 11.9 Å². The van der Waals surface area contributed by atoms with E-state index in [4.69, 9.17) is 0 Å². The lowest BCUT2D eigenvalue weighted by Crippen LogP contribution is -2.15. The number of hydrogen-bond donors (Lipinski definition) is 1. The van der Waals surface area contributed by atoms with Gasteiger partial charge in [-0.3, -0.25) is 4.40 Å². The smallest absolute Gasteiger partial charge is 0.234 e. The fourth-order valence-electron chi connectivity index (χ4n) is 1.91. The minimum atomic E-state index is 0.797.